The van der Waals surface area contributed by atoms with Gasteiger partial charge in [-0.1, -0.05) is 36.4 Å². The van der Waals surface area contributed by atoms with Crippen molar-refractivity contribution in [3.63, 3.8) is 0 Å². The maximum absolute atomic E-state index is 12.2. The predicted octanol–water partition coefficient (Wildman–Crippen LogP) is 4.71. The molecule has 5 rings (SSSR count). The molecule has 8 nitrogen and oxygen atoms in total. The van der Waals surface area contributed by atoms with E-state index in [1.54, 1.807) is 10.7 Å². The van der Waals surface area contributed by atoms with Crippen LogP contribution in [0.1, 0.15) is 31.4 Å². The van der Waals surface area contributed by atoms with Crippen LogP contribution in [-0.4, -0.2) is 50.1 Å². The van der Waals surface area contributed by atoms with Gasteiger partial charge in [0.2, 0.25) is 0 Å². The molecule has 0 saturated carbocycles. The van der Waals surface area contributed by atoms with Gasteiger partial charge in [0.15, 0.2) is 5.65 Å². The van der Waals surface area contributed by atoms with Crippen molar-refractivity contribution in [3.05, 3.63) is 65.0 Å². The minimum atomic E-state index is -0.00698. The molecule has 3 N–H and O–H groups in total. The molecular formula is C25H26BrN7O. The number of benzene rings is 1. The van der Waals surface area contributed by atoms with Crippen molar-refractivity contribution >= 4 is 33.4 Å². The molecule has 1 aromatic carbocycles. The SMILES string of the molecule is CCNC(=O)N1CCC(c2nc3c(-c4ccc(-c5ccccc5)nc4)cnn3c(N)c2Br)CC1. The van der Waals surface area contributed by atoms with Crippen LogP contribution in [-0.2, 0) is 0 Å². The number of pyridine rings is 1. The molecule has 4 aromatic rings. The third-order valence-electron chi connectivity index (χ3n) is 6.29. The minimum absolute atomic E-state index is 0.00698. The standard InChI is InChI=1S/C25H26BrN7O/c1-2-28-25(34)32-12-10-17(11-13-32)22-21(26)23(27)33-24(31-22)19(15-30-33)18-8-9-20(29-14-18)16-6-4-3-5-7-16/h3-9,14-15,17H,2,10-13,27H2,1H3,(H,28,34). The summed E-state index contributed by atoms with van der Waals surface area (Å²) in [6, 6.07) is 14.1. The lowest BCUT2D eigenvalue weighted by Crippen LogP contribution is -2.44. The number of fused-ring (bicyclic) bond motifs is 1. The lowest BCUT2D eigenvalue weighted by atomic mass is 9.93. The third kappa shape index (κ3) is 4.11. The number of likely N-dealkylation sites (tertiary alicyclic amines) is 1. The Morgan fingerprint density at radius 2 is 1.88 bits per heavy atom. The van der Waals surface area contributed by atoms with Crippen LogP contribution < -0.4 is 11.1 Å². The maximum Gasteiger partial charge on any atom is 0.317 e. The van der Waals surface area contributed by atoms with E-state index in [1.165, 1.54) is 0 Å². The fourth-order valence-electron chi connectivity index (χ4n) is 4.44. The van der Waals surface area contributed by atoms with Crippen LogP contribution in [0.3, 0.4) is 0 Å². The normalized spacial score (nSPS) is 14.5. The molecule has 0 radical (unpaired) electrons. The van der Waals surface area contributed by atoms with Gasteiger partial charge in [0.1, 0.15) is 5.82 Å². The van der Waals surface area contributed by atoms with Gasteiger partial charge in [-0.3, -0.25) is 4.98 Å². The zero-order valence-corrected chi connectivity index (χ0v) is 20.5. The van der Waals surface area contributed by atoms with Gasteiger partial charge in [-0.15, -0.1) is 0 Å². The number of halogens is 1. The number of nitrogen functional groups attached to an aromatic ring is 1. The number of urea groups is 1. The Morgan fingerprint density at radius 3 is 2.56 bits per heavy atom. The summed E-state index contributed by atoms with van der Waals surface area (Å²) in [6.45, 7) is 3.93. The molecule has 1 aliphatic rings. The number of carbonyl (C=O) groups excluding carboxylic acids is 1. The molecule has 0 unspecified atom stereocenters. The first-order valence-electron chi connectivity index (χ1n) is 11.4. The van der Waals surface area contributed by atoms with Crippen LogP contribution in [0.25, 0.3) is 28.0 Å². The number of anilines is 1. The van der Waals surface area contributed by atoms with Gasteiger partial charge in [0, 0.05) is 48.4 Å². The molecule has 0 aliphatic carbocycles. The van der Waals surface area contributed by atoms with Crippen molar-refractivity contribution < 1.29 is 4.79 Å². The van der Waals surface area contributed by atoms with Gasteiger partial charge >= 0.3 is 6.03 Å². The number of hydrogen-bond acceptors (Lipinski definition) is 5. The van der Waals surface area contributed by atoms with Crippen molar-refractivity contribution in [1.82, 2.24) is 29.8 Å². The lowest BCUT2D eigenvalue weighted by Gasteiger charge is -2.32. The number of rotatable bonds is 4. The molecule has 3 aromatic heterocycles. The second-order valence-electron chi connectivity index (χ2n) is 8.38. The van der Waals surface area contributed by atoms with Crippen LogP contribution in [0.4, 0.5) is 10.6 Å². The number of aromatic nitrogens is 4. The number of nitrogens with one attached hydrogen (secondary N) is 1. The summed E-state index contributed by atoms with van der Waals surface area (Å²) in [5.74, 6) is 0.722. The zero-order valence-electron chi connectivity index (χ0n) is 18.9. The van der Waals surface area contributed by atoms with E-state index in [0.717, 1.165) is 45.4 Å². The summed E-state index contributed by atoms with van der Waals surface area (Å²) in [6.07, 6.45) is 5.29. The van der Waals surface area contributed by atoms with E-state index in [9.17, 15) is 4.79 Å². The highest BCUT2D eigenvalue weighted by Crippen LogP contribution is 2.37. The van der Waals surface area contributed by atoms with Crippen LogP contribution >= 0.6 is 15.9 Å². The van der Waals surface area contributed by atoms with E-state index >= 15 is 0 Å². The number of piperidine rings is 1. The van der Waals surface area contributed by atoms with Crippen molar-refractivity contribution in [1.29, 1.82) is 0 Å². The Morgan fingerprint density at radius 1 is 1.12 bits per heavy atom. The molecule has 1 aliphatic heterocycles. The number of hydrogen-bond donors (Lipinski definition) is 2. The molecule has 0 spiro atoms. The number of nitrogens with two attached hydrogens (primary N) is 1. The average Bonchev–Trinajstić information content (AvgIpc) is 3.31. The highest BCUT2D eigenvalue weighted by Gasteiger charge is 2.28. The Kier molecular flexibility index (Phi) is 6.19. The summed E-state index contributed by atoms with van der Waals surface area (Å²) < 4.78 is 2.43. The van der Waals surface area contributed by atoms with Crippen LogP contribution in [0.2, 0.25) is 0 Å². The Bertz CT molecular complexity index is 1310. The summed E-state index contributed by atoms with van der Waals surface area (Å²) in [5.41, 5.74) is 11.9. The highest BCUT2D eigenvalue weighted by atomic mass is 79.9. The van der Waals surface area contributed by atoms with E-state index in [1.807, 2.05) is 60.5 Å². The van der Waals surface area contributed by atoms with Gasteiger partial charge in [-0.2, -0.15) is 9.61 Å². The molecule has 0 atom stereocenters. The monoisotopic (exact) mass is 519 g/mol. The summed E-state index contributed by atoms with van der Waals surface area (Å²) in [5, 5.41) is 7.36. The molecule has 2 amide bonds. The maximum atomic E-state index is 12.2. The summed E-state index contributed by atoms with van der Waals surface area (Å²) >= 11 is 3.65. The first kappa shape index (κ1) is 22.3. The Balaban J connectivity index is 1.45. The fraction of sp³-hybridized carbons (Fsp3) is 0.280. The first-order valence-corrected chi connectivity index (χ1v) is 12.2. The van der Waals surface area contributed by atoms with Crippen molar-refractivity contribution in [3.8, 4) is 22.4 Å². The van der Waals surface area contributed by atoms with E-state index in [-0.39, 0.29) is 11.9 Å². The van der Waals surface area contributed by atoms with E-state index < -0.39 is 0 Å². The van der Waals surface area contributed by atoms with Crippen LogP contribution in [0, 0.1) is 0 Å². The largest absolute Gasteiger partial charge is 0.383 e. The van der Waals surface area contributed by atoms with E-state index in [2.05, 4.69) is 31.3 Å². The van der Waals surface area contributed by atoms with Crippen molar-refractivity contribution in [2.45, 2.75) is 25.7 Å². The summed E-state index contributed by atoms with van der Waals surface area (Å²) in [7, 11) is 0. The average molecular weight is 520 g/mol. The molecular weight excluding hydrogens is 494 g/mol. The quantitative estimate of drug-likeness (QED) is 0.406. The number of nitrogens with zero attached hydrogens (tertiary/aromatic N) is 5. The predicted molar refractivity (Wildman–Crippen MR) is 136 cm³/mol. The third-order valence-corrected chi connectivity index (χ3v) is 7.10. The number of carbonyl (C=O) groups is 1. The zero-order chi connectivity index (χ0) is 23.7. The smallest absolute Gasteiger partial charge is 0.317 e. The first-order chi connectivity index (χ1) is 16.6. The molecule has 34 heavy (non-hydrogen) atoms. The van der Waals surface area contributed by atoms with E-state index in [4.69, 9.17) is 10.7 Å². The van der Waals surface area contributed by atoms with Gasteiger partial charge < -0.3 is 16.0 Å². The molecule has 0 bridgehead atoms. The second-order valence-corrected chi connectivity index (χ2v) is 9.18. The molecule has 4 heterocycles. The number of amides is 2. The van der Waals surface area contributed by atoms with Crippen molar-refractivity contribution in [2.24, 2.45) is 0 Å². The molecule has 1 saturated heterocycles. The van der Waals surface area contributed by atoms with Crippen LogP contribution in [0.5, 0.6) is 0 Å². The van der Waals surface area contributed by atoms with Crippen molar-refractivity contribution in [2.75, 3.05) is 25.4 Å². The van der Waals surface area contributed by atoms with Gasteiger partial charge in [-0.25, -0.2) is 9.78 Å². The lowest BCUT2D eigenvalue weighted by molar-refractivity contribution is 0.181. The van der Waals surface area contributed by atoms with Crippen LogP contribution in [0.15, 0.2) is 59.3 Å². The van der Waals surface area contributed by atoms with Gasteiger partial charge in [0.25, 0.3) is 0 Å². The van der Waals surface area contributed by atoms with E-state index in [0.29, 0.717) is 31.1 Å². The topological polar surface area (TPSA) is 101 Å². The Labute approximate surface area is 206 Å². The minimum Gasteiger partial charge on any atom is -0.383 e. The molecule has 9 heteroatoms. The second kappa shape index (κ2) is 9.42. The summed E-state index contributed by atoms with van der Waals surface area (Å²) in [4.78, 5) is 23.7. The highest BCUT2D eigenvalue weighted by molar-refractivity contribution is 9.10. The van der Waals surface area contributed by atoms with Gasteiger partial charge in [-0.05, 0) is 41.8 Å². The molecule has 1 fully saturated rings. The Hall–Kier alpha value is -3.46. The molecule has 174 valence electrons. The van der Waals surface area contributed by atoms with Gasteiger partial charge in [0.05, 0.1) is 22.1 Å². The fourth-order valence-corrected chi connectivity index (χ4v) is 5.02.